The van der Waals surface area contributed by atoms with Gasteiger partial charge in [0, 0.05) is 27.2 Å². The molecule has 0 saturated carbocycles. The number of unbranched alkanes of at least 4 members (excludes halogenated alkanes) is 3. The Kier molecular flexibility index (Phi) is 27.0. The van der Waals surface area contributed by atoms with Crippen LogP contribution in [0.3, 0.4) is 0 Å². The zero-order chi connectivity index (χ0) is 28.9. The van der Waals surface area contributed by atoms with Crippen LogP contribution in [0.4, 0.5) is 0 Å². The van der Waals surface area contributed by atoms with Gasteiger partial charge >= 0.3 is 7.82 Å². The Hall–Kier alpha value is -1.48. The third-order valence-corrected chi connectivity index (χ3v) is 6.16. The summed E-state index contributed by atoms with van der Waals surface area (Å²) in [5, 5.41) is 13.0. The number of ether oxygens (including phenoxy) is 5. The summed E-state index contributed by atoms with van der Waals surface area (Å²) in [6.45, 7) is 9.41. The summed E-state index contributed by atoms with van der Waals surface area (Å²) in [4.78, 5) is 11.8. The van der Waals surface area contributed by atoms with Gasteiger partial charge in [-0.15, -0.1) is 0 Å². The van der Waals surface area contributed by atoms with Crippen LogP contribution in [0.5, 0.6) is 0 Å². The van der Waals surface area contributed by atoms with E-state index in [1.807, 2.05) is 13.8 Å². The van der Waals surface area contributed by atoms with Crippen LogP contribution in [0.25, 0.3) is 0 Å². The van der Waals surface area contributed by atoms with Crippen molar-refractivity contribution in [2.24, 2.45) is 0 Å². The first kappa shape index (κ1) is 37.5. The highest BCUT2D eigenvalue weighted by Gasteiger charge is 2.21. The van der Waals surface area contributed by atoms with Gasteiger partial charge in [0.25, 0.3) is 0 Å². The normalized spacial score (nSPS) is 11.3. The minimum absolute atomic E-state index is 0.0393. The van der Waals surface area contributed by atoms with Crippen LogP contribution < -0.4 is 5.32 Å². The molecule has 0 radical (unpaired) electrons. The highest BCUT2D eigenvalue weighted by molar-refractivity contribution is 7.48. The lowest BCUT2D eigenvalue weighted by Gasteiger charge is -2.12. The summed E-state index contributed by atoms with van der Waals surface area (Å²) < 4.78 is 53.2. The quantitative estimate of drug-likeness (QED) is 0.115. The number of nitrogens with one attached hydrogen (secondary N) is 2. The highest BCUT2D eigenvalue weighted by atomic mass is 31.2. The molecule has 230 valence electrons. The second-order valence-corrected chi connectivity index (χ2v) is 9.51. The lowest BCUT2D eigenvalue weighted by atomic mass is 10.2. The van der Waals surface area contributed by atoms with E-state index >= 15 is 0 Å². The highest BCUT2D eigenvalue weighted by Crippen LogP contribution is 2.47. The Bertz CT molecular complexity index is 692. The van der Waals surface area contributed by atoms with Crippen LogP contribution in [0, 0.1) is 0 Å². The van der Waals surface area contributed by atoms with Crippen molar-refractivity contribution in [2.75, 3.05) is 86.8 Å². The molecular formula is C24H49N4O10P. The third-order valence-electron chi connectivity index (χ3n) is 4.77. The number of nitrogens with zero attached hydrogens (tertiary/aromatic N) is 2. The molecule has 0 aromatic carbocycles. The van der Waals surface area contributed by atoms with Crippen molar-refractivity contribution >= 4 is 13.7 Å². The van der Waals surface area contributed by atoms with Crippen molar-refractivity contribution in [1.29, 1.82) is 0 Å². The fraction of sp³-hybridized carbons (Fsp3) is 0.875. The molecule has 0 aliphatic heterocycles. The van der Waals surface area contributed by atoms with E-state index in [1.165, 1.54) is 14.2 Å². The summed E-state index contributed by atoms with van der Waals surface area (Å²) in [7, 11) is -0.818. The summed E-state index contributed by atoms with van der Waals surface area (Å²) >= 11 is 0. The minimum atomic E-state index is -3.39. The number of rotatable bonds is 27. The predicted molar refractivity (Wildman–Crippen MR) is 144 cm³/mol. The zero-order valence-corrected chi connectivity index (χ0v) is 24.9. The minimum Gasteiger partial charge on any atom is -0.379 e. The standard InChI is InChI=1S/C22H43N4O10P.C2H6/c1-29-37(28,30-2)36-9-6-4-3-5-8-23-22(27)7-10-31-11-12-32-13-14-33-15-16-34-17-18-35-20-21-19-24-26-25-21;1-2/h19H,3-18,20H2,1-2H3,(H,23,27)(H,24,25,26);1-2H3. The SMILES string of the molecule is CC.COP(=O)(OC)OCCCCCCNC(=O)CCOCCOCCOCCOCCOCc1cn[nH]n1. The van der Waals surface area contributed by atoms with Crippen LogP contribution in [0.15, 0.2) is 6.20 Å². The molecule has 39 heavy (non-hydrogen) atoms. The Balaban J connectivity index is 0.00000704. The summed E-state index contributed by atoms with van der Waals surface area (Å²) in [6.07, 6.45) is 5.35. The first-order chi connectivity index (χ1) is 19.1. The molecule has 0 bridgehead atoms. The van der Waals surface area contributed by atoms with E-state index < -0.39 is 7.82 Å². The smallest absolute Gasteiger partial charge is 0.379 e. The number of hydrogen-bond acceptors (Lipinski definition) is 12. The van der Waals surface area contributed by atoms with E-state index in [4.69, 9.17) is 37.3 Å². The number of carbonyl (C=O) groups excluding carboxylic acids is 1. The number of aromatic amines is 1. The van der Waals surface area contributed by atoms with Crippen molar-refractivity contribution in [2.45, 2.75) is 52.6 Å². The van der Waals surface area contributed by atoms with Crippen LogP contribution in [0.1, 0.15) is 51.6 Å². The van der Waals surface area contributed by atoms with Crippen molar-refractivity contribution < 1.29 is 46.6 Å². The predicted octanol–water partition coefficient (Wildman–Crippen LogP) is 2.90. The first-order valence-corrected chi connectivity index (χ1v) is 14.9. The second-order valence-electron chi connectivity index (χ2n) is 7.62. The van der Waals surface area contributed by atoms with Crippen LogP contribution in [-0.4, -0.2) is 108 Å². The van der Waals surface area contributed by atoms with Gasteiger partial charge in [0.15, 0.2) is 0 Å². The molecule has 0 fully saturated rings. The molecule has 14 nitrogen and oxygen atoms in total. The lowest BCUT2D eigenvalue weighted by Crippen LogP contribution is -2.25. The molecule has 0 unspecified atom stereocenters. The average molecular weight is 585 g/mol. The Labute approximate surface area is 232 Å². The van der Waals surface area contributed by atoms with Gasteiger partial charge in [-0.25, -0.2) is 4.57 Å². The summed E-state index contributed by atoms with van der Waals surface area (Å²) in [5.41, 5.74) is 0.753. The van der Waals surface area contributed by atoms with Gasteiger partial charge in [-0.2, -0.15) is 15.4 Å². The average Bonchev–Trinajstić information content (AvgIpc) is 3.48. The zero-order valence-electron chi connectivity index (χ0n) is 24.0. The molecule has 0 aliphatic carbocycles. The van der Waals surface area contributed by atoms with E-state index in [0.717, 1.165) is 31.4 Å². The van der Waals surface area contributed by atoms with Crippen molar-refractivity contribution in [1.82, 2.24) is 20.7 Å². The first-order valence-electron chi connectivity index (χ1n) is 13.5. The van der Waals surface area contributed by atoms with E-state index in [-0.39, 0.29) is 5.91 Å². The molecule has 0 atom stereocenters. The number of carbonyl (C=O) groups is 1. The molecule has 1 aromatic rings. The van der Waals surface area contributed by atoms with Gasteiger partial charge in [-0.1, -0.05) is 26.7 Å². The van der Waals surface area contributed by atoms with Crippen molar-refractivity contribution in [3.63, 3.8) is 0 Å². The fourth-order valence-corrected chi connectivity index (χ4v) is 3.48. The molecule has 1 aromatic heterocycles. The molecule has 1 amide bonds. The van der Waals surface area contributed by atoms with Gasteiger partial charge in [0.1, 0.15) is 5.69 Å². The number of hydrogen-bond donors (Lipinski definition) is 2. The molecule has 0 spiro atoms. The molecule has 15 heteroatoms. The summed E-state index contributed by atoms with van der Waals surface area (Å²) in [5.74, 6) is -0.0393. The van der Waals surface area contributed by atoms with Gasteiger partial charge in [0.05, 0.1) is 78.9 Å². The van der Waals surface area contributed by atoms with E-state index in [2.05, 4.69) is 20.7 Å². The second kappa shape index (κ2) is 28.1. The Morgan fingerprint density at radius 1 is 0.795 bits per heavy atom. The van der Waals surface area contributed by atoms with Crippen LogP contribution in [-0.2, 0) is 53.2 Å². The van der Waals surface area contributed by atoms with Crippen molar-refractivity contribution in [3.8, 4) is 0 Å². The monoisotopic (exact) mass is 584 g/mol. The van der Waals surface area contributed by atoms with Gasteiger partial charge < -0.3 is 29.0 Å². The maximum Gasteiger partial charge on any atom is 0.474 e. The third kappa shape index (κ3) is 24.1. The lowest BCUT2D eigenvalue weighted by molar-refractivity contribution is -0.122. The number of amides is 1. The number of H-pyrrole nitrogens is 1. The van der Waals surface area contributed by atoms with E-state index in [9.17, 15) is 9.36 Å². The summed E-state index contributed by atoms with van der Waals surface area (Å²) in [6, 6.07) is 0. The Morgan fingerprint density at radius 3 is 1.87 bits per heavy atom. The number of phosphoric ester groups is 1. The molecule has 0 saturated heterocycles. The maximum absolute atomic E-state index is 11.8. The molecule has 2 N–H and O–H groups in total. The van der Waals surface area contributed by atoms with Gasteiger partial charge in [-0.05, 0) is 12.8 Å². The number of aromatic nitrogens is 3. The molecule has 1 rings (SSSR count). The van der Waals surface area contributed by atoms with E-state index in [0.29, 0.717) is 85.6 Å². The largest absolute Gasteiger partial charge is 0.474 e. The topological polar surface area (TPSA) is 162 Å². The van der Waals surface area contributed by atoms with Crippen molar-refractivity contribution in [3.05, 3.63) is 11.9 Å². The number of phosphoric acid groups is 1. The Morgan fingerprint density at radius 2 is 1.33 bits per heavy atom. The van der Waals surface area contributed by atoms with Gasteiger partial charge in [0.2, 0.25) is 5.91 Å². The molecule has 1 heterocycles. The van der Waals surface area contributed by atoms with Crippen LogP contribution in [0.2, 0.25) is 0 Å². The molecular weight excluding hydrogens is 535 g/mol. The molecule has 0 aliphatic rings. The fourth-order valence-electron chi connectivity index (χ4n) is 2.77. The van der Waals surface area contributed by atoms with E-state index in [1.54, 1.807) is 6.20 Å². The van der Waals surface area contributed by atoms with Gasteiger partial charge in [-0.3, -0.25) is 18.4 Å². The maximum atomic E-state index is 11.8. The van der Waals surface area contributed by atoms with Crippen LogP contribution >= 0.6 is 7.82 Å².